The van der Waals surface area contributed by atoms with Gasteiger partial charge in [0.25, 0.3) is 5.56 Å². The smallest absolute Gasteiger partial charge is 0.348 e. The Hall–Kier alpha value is -2.65. The van der Waals surface area contributed by atoms with E-state index in [9.17, 15) is 14.4 Å². The van der Waals surface area contributed by atoms with Crippen molar-refractivity contribution < 1.29 is 19.1 Å². The number of Topliss-reactive ketones (excluding diaryl/α,β-unsaturated/α-hetero) is 1. The third-order valence-electron chi connectivity index (χ3n) is 5.17. The van der Waals surface area contributed by atoms with Gasteiger partial charge in [-0.05, 0) is 25.5 Å². The summed E-state index contributed by atoms with van der Waals surface area (Å²) in [6.07, 6.45) is 0. The van der Waals surface area contributed by atoms with E-state index in [1.165, 1.54) is 11.8 Å². The SMILES string of the molecule is CCOC(=O)c1sc2nc(SCC(=O)C(C)(C)C)n(Cc3ccccc3OC)c(=O)c2c1C. The fourth-order valence-electron chi connectivity index (χ4n) is 3.19. The molecule has 0 spiro atoms. The highest BCUT2D eigenvalue weighted by Crippen LogP contribution is 2.31. The highest BCUT2D eigenvalue weighted by Gasteiger charge is 2.25. The number of hydrogen-bond acceptors (Lipinski definition) is 8. The van der Waals surface area contributed by atoms with Crippen molar-refractivity contribution in [3.63, 3.8) is 0 Å². The summed E-state index contributed by atoms with van der Waals surface area (Å²) in [6.45, 7) is 9.53. The molecule has 0 N–H and O–H groups in total. The molecule has 176 valence electrons. The van der Waals surface area contributed by atoms with Crippen LogP contribution in [0.25, 0.3) is 10.2 Å². The lowest BCUT2D eigenvalue weighted by atomic mass is 9.92. The van der Waals surface area contributed by atoms with Crippen molar-refractivity contribution in [1.82, 2.24) is 9.55 Å². The molecular weight excluding hydrogens is 460 g/mol. The van der Waals surface area contributed by atoms with Crippen molar-refractivity contribution in [2.45, 2.75) is 46.3 Å². The molecule has 0 saturated carbocycles. The van der Waals surface area contributed by atoms with Crippen LogP contribution in [0, 0.1) is 12.3 Å². The highest BCUT2D eigenvalue weighted by atomic mass is 32.2. The first kappa shape index (κ1) is 25.0. The van der Waals surface area contributed by atoms with Gasteiger partial charge >= 0.3 is 5.97 Å². The van der Waals surface area contributed by atoms with E-state index in [0.717, 1.165) is 16.9 Å². The lowest BCUT2D eigenvalue weighted by molar-refractivity contribution is -0.123. The summed E-state index contributed by atoms with van der Waals surface area (Å²) in [7, 11) is 1.58. The number of benzene rings is 1. The number of carbonyl (C=O) groups is 2. The molecule has 2 aromatic heterocycles. The van der Waals surface area contributed by atoms with Gasteiger partial charge in [-0.2, -0.15) is 0 Å². The normalized spacial score (nSPS) is 11.6. The van der Waals surface area contributed by atoms with Gasteiger partial charge < -0.3 is 9.47 Å². The highest BCUT2D eigenvalue weighted by molar-refractivity contribution is 7.99. The van der Waals surface area contributed by atoms with Gasteiger partial charge in [0.2, 0.25) is 0 Å². The van der Waals surface area contributed by atoms with Gasteiger partial charge in [-0.3, -0.25) is 14.2 Å². The zero-order valence-corrected chi connectivity index (χ0v) is 21.3. The lowest BCUT2D eigenvalue weighted by Gasteiger charge is -2.17. The molecule has 7 nitrogen and oxygen atoms in total. The molecule has 0 bridgehead atoms. The molecule has 0 aliphatic rings. The average Bonchev–Trinajstić information content (AvgIpc) is 3.10. The number of hydrogen-bond donors (Lipinski definition) is 0. The predicted molar refractivity (Wildman–Crippen MR) is 132 cm³/mol. The second kappa shape index (κ2) is 10.1. The number of ether oxygens (including phenoxy) is 2. The van der Waals surface area contributed by atoms with Crippen LogP contribution >= 0.6 is 23.1 Å². The van der Waals surface area contributed by atoms with E-state index in [1.54, 1.807) is 25.5 Å². The van der Waals surface area contributed by atoms with Gasteiger partial charge in [0.1, 0.15) is 21.2 Å². The van der Waals surface area contributed by atoms with Crippen LogP contribution in [-0.4, -0.2) is 40.8 Å². The Morgan fingerprint density at radius 1 is 1.21 bits per heavy atom. The van der Waals surface area contributed by atoms with E-state index in [-0.39, 0.29) is 30.2 Å². The van der Waals surface area contributed by atoms with Crippen molar-refractivity contribution in [3.05, 3.63) is 50.6 Å². The first-order valence-electron chi connectivity index (χ1n) is 10.6. The number of methoxy groups -OCH3 is 1. The minimum Gasteiger partial charge on any atom is -0.496 e. The van der Waals surface area contributed by atoms with Crippen LogP contribution in [0.15, 0.2) is 34.2 Å². The van der Waals surface area contributed by atoms with Crippen LogP contribution in [0.5, 0.6) is 5.75 Å². The number of aromatic nitrogens is 2. The minimum absolute atomic E-state index is 0.0558. The molecular formula is C24H28N2O5S2. The van der Waals surface area contributed by atoms with E-state index < -0.39 is 11.4 Å². The van der Waals surface area contributed by atoms with Crippen LogP contribution in [0.4, 0.5) is 0 Å². The van der Waals surface area contributed by atoms with Crippen molar-refractivity contribution in [1.29, 1.82) is 0 Å². The topological polar surface area (TPSA) is 87.5 Å². The summed E-state index contributed by atoms with van der Waals surface area (Å²) in [5, 5.41) is 0.817. The van der Waals surface area contributed by atoms with Gasteiger partial charge in [-0.1, -0.05) is 50.7 Å². The van der Waals surface area contributed by atoms with Crippen LogP contribution in [0.3, 0.4) is 0 Å². The number of fused-ring (bicyclic) bond motifs is 1. The molecule has 0 saturated heterocycles. The minimum atomic E-state index is -0.499. The largest absolute Gasteiger partial charge is 0.496 e. The van der Waals surface area contributed by atoms with Gasteiger partial charge in [0.05, 0.1) is 31.4 Å². The van der Waals surface area contributed by atoms with Crippen molar-refractivity contribution >= 4 is 45.1 Å². The number of ketones is 1. The standard InChI is InChI=1S/C24H28N2O5S2/c1-7-31-22(29)19-14(2)18-20(33-19)25-23(32-13-17(27)24(3,4)5)26(21(18)28)12-15-10-8-9-11-16(15)30-6/h8-11H,7,12-13H2,1-6H3. The molecule has 2 heterocycles. The Labute approximate surface area is 201 Å². The Morgan fingerprint density at radius 2 is 1.91 bits per heavy atom. The third-order valence-corrected chi connectivity index (χ3v) is 7.31. The molecule has 0 amide bonds. The maximum Gasteiger partial charge on any atom is 0.348 e. The zero-order valence-electron chi connectivity index (χ0n) is 19.7. The fraction of sp³-hybridized carbons (Fsp3) is 0.417. The summed E-state index contributed by atoms with van der Waals surface area (Å²) in [6, 6.07) is 7.45. The Morgan fingerprint density at radius 3 is 2.55 bits per heavy atom. The lowest BCUT2D eigenvalue weighted by Crippen LogP contribution is -2.26. The molecule has 0 radical (unpaired) electrons. The number of rotatable bonds is 8. The summed E-state index contributed by atoms with van der Waals surface area (Å²) in [5.41, 5.74) is 0.607. The van der Waals surface area contributed by atoms with Gasteiger partial charge in [0, 0.05) is 11.0 Å². The van der Waals surface area contributed by atoms with Crippen LogP contribution in [0.1, 0.15) is 48.5 Å². The quantitative estimate of drug-likeness (QED) is 0.258. The monoisotopic (exact) mass is 488 g/mol. The van der Waals surface area contributed by atoms with Gasteiger partial charge in [-0.25, -0.2) is 9.78 Å². The summed E-state index contributed by atoms with van der Waals surface area (Å²) in [4.78, 5) is 44.1. The number of aryl methyl sites for hydroxylation is 1. The van der Waals surface area contributed by atoms with Crippen molar-refractivity contribution in [3.8, 4) is 5.75 Å². The summed E-state index contributed by atoms with van der Waals surface area (Å²) >= 11 is 2.37. The second-order valence-corrected chi connectivity index (χ2v) is 10.5. The molecule has 3 rings (SSSR count). The van der Waals surface area contributed by atoms with Crippen molar-refractivity contribution in [2.24, 2.45) is 5.41 Å². The molecule has 33 heavy (non-hydrogen) atoms. The second-order valence-electron chi connectivity index (χ2n) is 8.52. The maximum absolute atomic E-state index is 13.6. The van der Waals surface area contributed by atoms with Crippen LogP contribution in [0.2, 0.25) is 0 Å². The van der Waals surface area contributed by atoms with Gasteiger partial charge in [0.15, 0.2) is 5.16 Å². The first-order chi connectivity index (χ1) is 15.6. The number of esters is 1. The number of thiophene rings is 1. The van der Waals surface area contributed by atoms with E-state index in [0.29, 0.717) is 31.6 Å². The molecule has 0 aliphatic heterocycles. The van der Waals surface area contributed by atoms with E-state index in [1.807, 2.05) is 45.0 Å². The first-order valence-corrected chi connectivity index (χ1v) is 12.4. The third kappa shape index (κ3) is 5.30. The molecule has 9 heteroatoms. The molecule has 0 aliphatic carbocycles. The predicted octanol–water partition coefficient (Wildman–Crippen LogP) is 4.71. The summed E-state index contributed by atoms with van der Waals surface area (Å²) < 4.78 is 12.2. The molecule has 0 fully saturated rings. The number of carbonyl (C=O) groups excluding carboxylic acids is 2. The summed E-state index contributed by atoms with van der Waals surface area (Å²) in [5.74, 6) is 0.425. The molecule has 0 atom stereocenters. The van der Waals surface area contributed by atoms with E-state index in [2.05, 4.69) is 0 Å². The Balaban J connectivity index is 2.16. The number of para-hydroxylation sites is 1. The van der Waals surface area contributed by atoms with Gasteiger partial charge in [-0.15, -0.1) is 11.3 Å². The fourth-order valence-corrected chi connectivity index (χ4v) is 5.46. The Bertz CT molecular complexity index is 1250. The molecule has 1 aromatic carbocycles. The Kier molecular flexibility index (Phi) is 7.64. The zero-order chi connectivity index (χ0) is 24.3. The van der Waals surface area contributed by atoms with Crippen LogP contribution < -0.4 is 10.3 Å². The van der Waals surface area contributed by atoms with Crippen molar-refractivity contribution in [2.75, 3.05) is 19.5 Å². The number of nitrogens with zero attached hydrogens (tertiary/aromatic N) is 2. The van der Waals surface area contributed by atoms with E-state index in [4.69, 9.17) is 14.5 Å². The average molecular weight is 489 g/mol. The van der Waals surface area contributed by atoms with Crippen LogP contribution in [-0.2, 0) is 16.1 Å². The molecule has 3 aromatic rings. The van der Waals surface area contributed by atoms with E-state index >= 15 is 0 Å². The molecule has 0 unspecified atom stereocenters. The number of thioether (sulfide) groups is 1. The maximum atomic E-state index is 13.6.